The number of aromatic nitrogens is 2. The summed E-state index contributed by atoms with van der Waals surface area (Å²) in [5, 5.41) is 1.88. The molecule has 0 unspecified atom stereocenters. The second kappa shape index (κ2) is 3.02. The van der Waals surface area contributed by atoms with Gasteiger partial charge in [0.2, 0.25) is 0 Å². The van der Waals surface area contributed by atoms with Crippen LogP contribution >= 0.6 is 11.3 Å². The van der Waals surface area contributed by atoms with Crippen LogP contribution in [0.25, 0.3) is 10.6 Å². The molecule has 0 atom stereocenters. The number of thiophene rings is 1. The van der Waals surface area contributed by atoms with Crippen LogP contribution in [0.3, 0.4) is 0 Å². The van der Waals surface area contributed by atoms with E-state index in [9.17, 15) is 9.59 Å². The van der Waals surface area contributed by atoms with Gasteiger partial charge in [0.25, 0.3) is 5.56 Å². The van der Waals surface area contributed by atoms with E-state index in [-0.39, 0.29) is 5.56 Å². The van der Waals surface area contributed by atoms with Gasteiger partial charge in [-0.15, -0.1) is 11.3 Å². The quantitative estimate of drug-likeness (QED) is 0.704. The highest BCUT2D eigenvalue weighted by molar-refractivity contribution is 7.13. The van der Waals surface area contributed by atoms with Gasteiger partial charge in [-0.05, 0) is 11.4 Å². The molecule has 2 aromatic heterocycles. The zero-order valence-corrected chi connectivity index (χ0v) is 7.35. The van der Waals surface area contributed by atoms with E-state index < -0.39 is 5.69 Å². The average Bonchev–Trinajstić information content (AvgIpc) is 2.53. The van der Waals surface area contributed by atoms with Crippen molar-refractivity contribution in [3.8, 4) is 10.6 Å². The van der Waals surface area contributed by atoms with Crippen LogP contribution in [0, 0.1) is 0 Å². The molecule has 5 heteroatoms. The molecule has 2 aromatic rings. The fourth-order valence-electron chi connectivity index (χ4n) is 1.03. The SMILES string of the molecule is O=c1cc(-c2cccs2)[nH]c(=O)[nH]1. The Bertz CT molecular complexity index is 481. The highest BCUT2D eigenvalue weighted by atomic mass is 32.1. The van der Waals surface area contributed by atoms with Crippen LogP contribution in [0.5, 0.6) is 0 Å². The molecule has 2 rings (SSSR count). The van der Waals surface area contributed by atoms with Crippen molar-refractivity contribution < 1.29 is 0 Å². The van der Waals surface area contributed by atoms with E-state index in [0.717, 1.165) is 4.88 Å². The van der Waals surface area contributed by atoms with E-state index in [2.05, 4.69) is 9.97 Å². The van der Waals surface area contributed by atoms with Crippen LogP contribution in [0.4, 0.5) is 0 Å². The number of hydrogen-bond acceptors (Lipinski definition) is 3. The molecule has 0 spiro atoms. The molecule has 0 radical (unpaired) electrons. The lowest BCUT2D eigenvalue weighted by molar-refractivity contribution is 1.04. The van der Waals surface area contributed by atoms with E-state index in [4.69, 9.17) is 0 Å². The minimum Gasteiger partial charge on any atom is -0.306 e. The van der Waals surface area contributed by atoms with Gasteiger partial charge < -0.3 is 4.98 Å². The lowest BCUT2D eigenvalue weighted by atomic mass is 10.3. The average molecular weight is 194 g/mol. The van der Waals surface area contributed by atoms with Gasteiger partial charge in [0.05, 0.1) is 10.6 Å². The fraction of sp³-hybridized carbons (Fsp3) is 0. The number of hydrogen-bond donors (Lipinski definition) is 2. The van der Waals surface area contributed by atoms with E-state index in [1.54, 1.807) is 0 Å². The third-order valence-electron chi connectivity index (χ3n) is 1.55. The highest BCUT2D eigenvalue weighted by Gasteiger charge is 2.00. The topological polar surface area (TPSA) is 65.7 Å². The summed E-state index contributed by atoms with van der Waals surface area (Å²) in [5.41, 5.74) is -0.299. The summed E-state index contributed by atoms with van der Waals surface area (Å²) in [7, 11) is 0. The zero-order chi connectivity index (χ0) is 9.26. The van der Waals surface area contributed by atoms with Crippen LogP contribution < -0.4 is 11.2 Å². The van der Waals surface area contributed by atoms with Gasteiger partial charge >= 0.3 is 5.69 Å². The molecule has 2 heterocycles. The largest absolute Gasteiger partial charge is 0.326 e. The predicted octanol–water partition coefficient (Wildman–Crippen LogP) is 0.792. The molecule has 0 aliphatic heterocycles. The zero-order valence-electron chi connectivity index (χ0n) is 6.53. The summed E-state index contributed by atoms with van der Waals surface area (Å²) in [6.45, 7) is 0. The Balaban J connectivity index is 2.66. The lowest BCUT2D eigenvalue weighted by Crippen LogP contribution is -2.21. The molecule has 0 saturated heterocycles. The minimum atomic E-state index is -0.476. The van der Waals surface area contributed by atoms with Crippen molar-refractivity contribution >= 4 is 11.3 Å². The fourth-order valence-corrected chi connectivity index (χ4v) is 1.73. The molecule has 0 bridgehead atoms. The summed E-state index contributed by atoms with van der Waals surface area (Å²) in [5.74, 6) is 0. The Kier molecular flexibility index (Phi) is 1.86. The van der Waals surface area contributed by atoms with Crippen molar-refractivity contribution in [3.63, 3.8) is 0 Å². The monoisotopic (exact) mass is 194 g/mol. The molecule has 0 aromatic carbocycles. The van der Waals surface area contributed by atoms with Crippen LogP contribution in [0.2, 0.25) is 0 Å². The summed E-state index contributed by atoms with van der Waals surface area (Å²) >= 11 is 1.47. The minimum absolute atomic E-state index is 0.382. The van der Waals surface area contributed by atoms with E-state index in [1.807, 2.05) is 17.5 Å². The first-order valence-corrected chi connectivity index (χ1v) is 4.51. The van der Waals surface area contributed by atoms with Crippen LogP contribution in [0.1, 0.15) is 0 Å². The summed E-state index contributed by atoms with van der Waals surface area (Å²) in [6.07, 6.45) is 0. The molecule has 0 saturated carbocycles. The number of nitrogens with one attached hydrogen (secondary N) is 2. The van der Waals surface area contributed by atoms with Crippen LogP contribution in [-0.4, -0.2) is 9.97 Å². The molecule has 0 aliphatic rings. The summed E-state index contributed by atoms with van der Waals surface area (Å²) in [4.78, 5) is 27.4. The van der Waals surface area contributed by atoms with Crippen LogP contribution in [0.15, 0.2) is 33.2 Å². The van der Waals surface area contributed by atoms with Crippen LogP contribution in [-0.2, 0) is 0 Å². The van der Waals surface area contributed by atoms with Gasteiger partial charge in [0.1, 0.15) is 0 Å². The maximum atomic E-state index is 10.9. The van der Waals surface area contributed by atoms with E-state index in [0.29, 0.717) is 5.69 Å². The van der Waals surface area contributed by atoms with Gasteiger partial charge in [0.15, 0.2) is 0 Å². The van der Waals surface area contributed by atoms with Crippen molar-refractivity contribution in [1.82, 2.24) is 9.97 Å². The first-order chi connectivity index (χ1) is 6.25. The van der Waals surface area contributed by atoms with Gasteiger partial charge in [-0.25, -0.2) is 4.79 Å². The first kappa shape index (κ1) is 8.00. The second-order valence-electron chi connectivity index (χ2n) is 2.48. The Morgan fingerprint density at radius 3 is 2.69 bits per heavy atom. The molecule has 0 fully saturated rings. The smallest absolute Gasteiger partial charge is 0.306 e. The van der Waals surface area contributed by atoms with Gasteiger partial charge in [-0.1, -0.05) is 6.07 Å². The Morgan fingerprint density at radius 1 is 1.23 bits per heavy atom. The van der Waals surface area contributed by atoms with Crippen molar-refractivity contribution in [1.29, 1.82) is 0 Å². The Hall–Kier alpha value is -1.62. The number of H-pyrrole nitrogens is 2. The van der Waals surface area contributed by atoms with Gasteiger partial charge in [0, 0.05) is 6.07 Å². The molecule has 4 nitrogen and oxygen atoms in total. The molecular weight excluding hydrogens is 188 g/mol. The number of aromatic amines is 2. The molecule has 0 aliphatic carbocycles. The molecule has 66 valence electrons. The van der Waals surface area contributed by atoms with Gasteiger partial charge in [-0.2, -0.15) is 0 Å². The van der Waals surface area contributed by atoms with Crippen molar-refractivity contribution in [3.05, 3.63) is 44.4 Å². The molecule has 13 heavy (non-hydrogen) atoms. The Morgan fingerprint density at radius 2 is 2.08 bits per heavy atom. The number of rotatable bonds is 1. The molecule has 0 amide bonds. The van der Waals surface area contributed by atoms with E-state index in [1.165, 1.54) is 17.4 Å². The molecule has 2 N–H and O–H groups in total. The third-order valence-corrected chi connectivity index (χ3v) is 2.45. The summed E-state index contributed by atoms with van der Waals surface area (Å²) in [6, 6.07) is 5.07. The standard InChI is InChI=1S/C8H6N2O2S/c11-7-4-5(9-8(12)10-7)6-2-1-3-13-6/h1-4H,(H2,9,10,11,12). The van der Waals surface area contributed by atoms with Crippen molar-refractivity contribution in [2.75, 3.05) is 0 Å². The lowest BCUT2D eigenvalue weighted by Gasteiger charge is -1.93. The first-order valence-electron chi connectivity index (χ1n) is 3.63. The second-order valence-corrected chi connectivity index (χ2v) is 3.43. The Labute approximate surface area is 76.9 Å². The predicted molar refractivity (Wildman–Crippen MR) is 51.0 cm³/mol. The molecular formula is C8H6N2O2S. The van der Waals surface area contributed by atoms with Crippen molar-refractivity contribution in [2.24, 2.45) is 0 Å². The normalized spacial score (nSPS) is 10.2. The highest BCUT2D eigenvalue weighted by Crippen LogP contribution is 2.19. The maximum absolute atomic E-state index is 10.9. The third kappa shape index (κ3) is 1.59. The van der Waals surface area contributed by atoms with Crippen molar-refractivity contribution in [2.45, 2.75) is 0 Å². The summed E-state index contributed by atoms with van der Waals surface area (Å²) < 4.78 is 0. The van der Waals surface area contributed by atoms with E-state index >= 15 is 0 Å². The van der Waals surface area contributed by atoms with Gasteiger partial charge in [-0.3, -0.25) is 9.78 Å². The maximum Gasteiger partial charge on any atom is 0.326 e.